The van der Waals surface area contributed by atoms with Crippen LogP contribution in [0.2, 0.25) is 0 Å². The molecule has 3 saturated carbocycles. The Balaban J connectivity index is 1.63. The van der Waals surface area contributed by atoms with E-state index in [1.165, 1.54) is 63.4 Å². The molecule has 0 aliphatic heterocycles. The van der Waals surface area contributed by atoms with E-state index in [0.29, 0.717) is 27.6 Å². The lowest BCUT2D eigenvalue weighted by atomic mass is 9.35. The van der Waals surface area contributed by atoms with Crippen LogP contribution in [0.15, 0.2) is 23.3 Å². The van der Waals surface area contributed by atoms with Crippen LogP contribution >= 0.6 is 0 Å². The number of rotatable bonds is 3. The Hall–Kier alpha value is -0.560. The Morgan fingerprint density at radius 3 is 2.39 bits per heavy atom. The standard InChI is InChI=1S/C30H50O/c1-21(2)10-9-15-27(5)16-19-30(8)24-13-11-22-23(12-14-25(31)26(22,3)4)29(24,7)18-17-28(30,6)20-27/h10-11,23-25,31H,9,12-20H2,1-8H3/t23?,24-,25+,27-,28+,29+,30-/m1/s1. The molecule has 31 heavy (non-hydrogen) atoms. The molecule has 0 aromatic carbocycles. The highest BCUT2D eigenvalue weighted by atomic mass is 16.3. The van der Waals surface area contributed by atoms with Gasteiger partial charge in [0.05, 0.1) is 6.10 Å². The van der Waals surface area contributed by atoms with Gasteiger partial charge < -0.3 is 5.11 Å². The first kappa shape index (κ1) is 23.6. The van der Waals surface area contributed by atoms with Gasteiger partial charge in [0.1, 0.15) is 0 Å². The number of fused-ring (bicyclic) bond motifs is 5. The van der Waals surface area contributed by atoms with Crippen LogP contribution in [0.5, 0.6) is 0 Å². The first-order chi connectivity index (χ1) is 14.3. The maximum absolute atomic E-state index is 10.8. The summed E-state index contributed by atoms with van der Waals surface area (Å²) >= 11 is 0. The van der Waals surface area contributed by atoms with Gasteiger partial charge in [0.15, 0.2) is 0 Å². The zero-order chi connectivity index (χ0) is 22.9. The second-order valence-electron chi connectivity index (χ2n) is 14.1. The molecule has 0 heterocycles. The van der Waals surface area contributed by atoms with Crippen molar-refractivity contribution in [3.8, 4) is 0 Å². The molecule has 4 rings (SSSR count). The molecule has 1 unspecified atom stereocenters. The average Bonchev–Trinajstić information content (AvgIpc) is 2.66. The van der Waals surface area contributed by atoms with Crippen LogP contribution in [-0.4, -0.2) is 11.2 Å². The predicted octanol–water partition coefficient (Wildman–Crippen LogP) is 8.48. The van der Waals surface area contributed by atoms with Crippen molar-refractivity contribution in [1.29, 1.82) is 0 Å². The first-order valence-electron chi connectivity index (χ1n) is 13.3. The molecule has 0 aromatic heterocycles. The van der Waals surface area contributed by atoms with Crippen molar-refractivity contribution in [2.24, 2.45) is 38.9 Å². The fraction of sp³-hybridized carbons (Fsp3) is 0.867. The molecule has 3 fully saturated rings. The maximum Gasteiger partial charge on any atom is 0.0628 e. The summed E-state index contributed by atoms with van der Waals surface area (Å²) in [5.74, 6) is 1.47. The number of aliphatic hydroxyl groups is 1. The lowest BCUT2D eigenvalue weighted by Crippen LogP contribution is -2.61. The van der Waals surface area contributed by atoms with Crippen molar-refractivity contribution in [3.63, 3.8) is 0 Å². The van der Waals surface area contributed by atoms with Crippen LogP contribution in [-0.2, 0) is 0 Å². The molecule has 1 N–H and O–H groups in total. The largest absolute Gasteiger partial charge is 0.392 e. The summed E-state index contributed by atoms with van der Waals surface area (Å²) < 4.78 is 0. The quantitative estimate of drug-likeness (QED) is 0.449. The summed E-state index contributed by atoms with van der Waals surface area (Å²) in [4.78, 5) is 0. The zero-order valence-corrected chi connectivity index (χ0v) is 21.9. The molecule has 0 radical (unpaired) electrons. The minimum Gasteiger partial charge on any atom is -0.392 e. The van der Waals surface area contributed by atoms with Gasteiger partial charge in [-0.05, 0) is 112 Å². The minimum atomic E-state index is -0.171. The van der Waals surface area contributed by atoms with E-state index in [1.807, 2.05) is 0 Å². The summed E-state index contributed by atoms with van der Waals surface area (Å²) in [6, 6.07) is 0. The molecular formula is C30H50O. The Morgan fingerprint density at radius 2 is 1.71 bits per heavy atom. The van der Waals surface area contributed by atoms with Crippen LogP contribution in [0.25, 0.3) is 0 Å². The molecule has 0 spiro atoms. The van der Waals surface area contributed by atoms with E-state index < -0.39 is 0 Å². The van der Waals surface area contributed by atoms with Gasteiger partial charge in [-0.1, -0.05) is 64.8 Å². The summed E-state index contributed by atoms with van der Waals surface area (Å²) in [6.45, 7) is 19.7. The third-order valence-electron chi connectivity index (χ3n) is 11.6. The molecule has 0 saturated heterocycles. The lowest BCUT2D eigenvalue weighted by Gasteiger charge is -2.69. The predicted molar refractivity (Wildman–Crippen MR) is 133 cm³/mol. The fourth-order valence-electron chi connectivity index (χ4n) is 9.20. The number of aliphatic hydroxyl groups excluding tert-OH is 1. The van der Waals surface area contributed by atoms with Crippen molar-refractivity contribution >= 4 is 0 Å². The van der Waals surface area contributed by atoms with Gasteiger partial charge in [-0.25, -0.2) is 0 Å². The van der Waals surface area contributed by atoms with E-state index in [2.05, 4.69) is 67.5 Å². The first-order valence-corrected chi connectivity index (χ1v) is 13.3. The van der Waals surface area contributed by atoms with Gasteiger partial charge in [-0.15, -0.1) is 0 Å². The molecule has 4 aliphatic carbocycles. The molecule has 1 nitrogen and oxygen atoms in total. The number of hydrogen-bond donors (Lipinski definition) is 1. The minimum absolute atomic E-state index is 0.0470. The maximum atomic E-state index is 10.8. The third-order valence-corrected chi connectivity index (χ3v) is 11.6. The van der Waals surface area contributed by atoms with E-state index in [9.17, 15) is 5.11 Å². The van der Waals surface area contributed by atoms with Crippen LogP contribution < -0.4 is 0 Å². The Labute approximate surface area is 193 Å². The van der Waals surface area contributed by atoms with Crippen molar-refractivity contribution in [2.45, 2.75) is 126 Å². The fourth-order valence-corrected chi connectivity index (χ4v) is 9.20. The van der Waals surface area contributed by atoms with E-state index in [0.717, 1.165) is 12.3 Å². The van der Waals surface area contributed by atoms with Crippen LogP contribution in [0.3, 0.4) is 0 Å². The lowest BCUT2D eigenvalue weighted by molar-refractivity contribution is -0.183. The third kappa shape index (κ3) is 3.51. The van der Waals surface area contributed by atoms with Gasteiger partial charge in [-0.2, -0.15) is 0 Å². The topological polar surface area (TPSA) is 20.2 Å². The summed E-state index contributed by atoms with van der Waals surface area (Å²) in [5.41, 5.74) is 4.83. The molecule has 7 atom stereocenters. The van der Waals surface area contributed by atoms with E-state index in [-0.39, 0.29) is 11.5 Å². The SMILES string of the molecule is CC(C)=CCC[C@]1(C)CC[C@]2(C)[C@@H]3CC=C4C(CC[C@H](O)C4(C)C)[C@]3(C)CC[C@@]2(C)C1. The van der Waals surface area contributed by atoms with Gasteiger partial charge in [0, 0.05) is 5.41 Å². The molecule has 0 bridgehead atoms. The number of allylic oxidation sites excluding steroid dienone is 3. The van der Waals surface area contributed by atoms with Crippen LogP contribution in [0.1, 0.15) is 120 Å². The zero-order valence-electron chi connectivity index (χ0n) is 21.9. The number of hydrogen-bond acceptors (Lipinski definition) is 1. The van der Waals surface area contributed by atoms with Crippen molar-refractivity contribution in [1.82, 2.24) is 0 Å². The molecular weight excluding hydrogens is 376 g/mol. The highest BCUT2D eigenvalue weighted by Crippen LogP contribution is 2.73. The second kappa shape index (κ2) is 7.48. The van der Waals surface area contributed by atoms with Crippen LogP contribution in [0.4, 0.5) is 0 Å². The molecule has 1 heteroatoms. The van der Waals surface area contributed by atoms with E-state index in [4.69, 9.17) is 0 Å². The molecule has 0 aromatic rings. The molecule has 4 aliphatic rings. The van der Waals surface area contributed by atoms with Gasteiger partial charge in [-0.3, -0.25) is 0 Å². The Bertz CT molecular complexity index is 769. The second-order valence-corrected chi connectivity index (χ2v) is 14.1. The van der Waals surface area contributed by atoms with Crippen LogP contribution in [0, 0.1) is 38.9 Å². The summed E-state index contributed by atoms with van der Waals surface area (Å²) in [7, 11) is 0. The monoisotopic (exact) mass is 426 g/mol. The van der Waals surface area contributed by atoms with E-state index >= 15 is 0 Å². The van der Waals surface area contributed by atoms with Crippen molar-refractivity contribution in [3.05, 3.63) is 23.3 Å². The highest BCUT2D eigenvalue weighted by molar-refractivity contribution is 5.30. The van der Waals surface area contributed by atoms with Gasteiger partial charge >= 0.3 is 0 Å². The Kier molecular flexibility index (Phi) is 5.69. The Morgan fingerprint density at radius 1 is 1.00 bits per heavy atom. The summed E-state index contributed by atoms with van der Waals surface area (Å²) in [6.07, 6.45) is 17.9. The van der Waals surface area contributed by atoms with Gasteiger partial charge in [0.2, 0.25) is 0 Å². The summed E-state index contributed by atoms with van der Waals surface area (Å²) in [5, 5.41) is 10.8. The van der Waals surface area contributed by atoms with E-state index in [1.54, 1.807) is 5.57 Å². The molecule has 0 amide bonds. The normalized spacial score (nSPS) is 48.7. The van der Waals surface area contributed by atoms with Gasteiger partial charge in [0.25, 0.3) is 0 Å². The smallest absolute Gasteiger partial charge is 0.0628 e. The average molecular weight is 427 g/mol. The van der Waals surface area contributed by atoms with Crippen molar-refractivity contribution < 1.29 is 5.11 Å². The van der Waals surface area contributed by atoms with Crippen molar-refractivity contribution in [2.75, 3.05) is 0 Å². The molecule has 176 valence electrons. The highest BCUT2D eigenvalue weighted by Gasteiger charge is 2.65.